The van der Waals surface area contributed by atoms with Gasteiger partial charge in [0.25, 0.3) is 0 Å². The maximum absolute atomic E-state index is 2.50. The third kappa shape index (κ3) is 6.75. The molecule has 0 N–H and O–H groups in total. The van der Waals surface area contributed by atoms with Crippen LogP contribution in [0, 0.1) is 5.41 Å². The van der Waals surface area contributed by atoms with Gasteiger partial charge in [-0.3, -0.25) is 0 Å². The van der Waals surface area contributed by atoms with Gasteiger partial charge >= 0.3 is 0 Å². The Bertz CT molecular complexity index is 464. The van der Waals surface area contributed by atoms with Crippen LogP contribution >= 0.6 is 0 Å². The standard InChI is InChI=1S/C23H40.C3H8/c1-10-23(11-2,12-3)15-22-20(17(6)7)13-19(16(4)5)14-21(22)18(8)9;1-3-2/h13-14,16-18H,10-12,15H2,1-9H3;3H2,1-2H3. The van der Waals surface area contributed by atoms with Crippen LogP contribution in [0.2, 0.25) is 0 Å². The van der Waals surface area contributed by atoms with Crippen molar-refractivity contribution < 1.29 is 0 Å². The Morgan fingerprint density at radius 2 is 1.00 bits per heavy atom. The van der Waals surface area contributed by atoms with Crippen LogP contribution in [0.1, 0.15) is 142 Å². The molecular weight excluding hydrogens is 312 g/mol. The van der Waals surface area contributed by atoms with Gasteiger partial charge in [0.2, 0.25) is 0 Å². The molecule has 1 aromatic carbocycles. The van der Waals surface area contributed by atoms with Crippen molar-refractivity contribution in [2.75, 3.05) is 0 Å². The van der Waals surface area contributed by atoms with E-state index in [1.54, 1.807) is 16.7 Å². The highest BCUT2D eigenvalue weighted by Gasteiger charge is 2.28. The molecule has 0 amide bonds. The molecule has 1 aromatic rings. The maximum Gasteiger partial charge on any atom is -0.0216 e. The van der Waals surface area contributed by atoms with Crippen LogP contribution in [0.5, 0.6) is 0 Å². The van der Waals surface area contributed by atoms with Gasteiger partial charge in [0, 0.05) is 0 Å². The van der Waals surface area contributed by atoms with Gasteiger partial charge in [0.05, 0.1) is 0 Å². The van der Waals surface area contributed by atoms with E-state index in [9.17, 15) is 0 Å². The molecule has 0 aromatic heterocycles. The van der Waals surface area contributed by atoms with Crippen LogP contribution in [0.4, 0.5) is 0 Å². The quantitative estimate of drug-likeness (QED) is 0.433. The second-order valence-electron chi connectivity index (χ2n) is 9.09. The van der Waals surface area contributed by atoms with Gasteiger partial charge in [-0.05, 0) is 51.8 Å². The Balaban J connectivity index is 0.00000194. The molecule has 0 heterocycles. The van der Waals surface area contributed by atoms with E-state index in [-0.39, 0.29) is 0 Å². The van der Waals surface area contributed by atoms with Crippen molar-refractivity contribution in [1.82, 2.24) is 0 Å². The summed E-state index contributed by atoms with van der Waals surface area (Å²) in [6, 6.07) is 5.00. The molecule has 26 heavy (non-hydrogen) atoms. The molecule has 0 nitrogen and oxygen atoms in total. The molecule has 0 spiro atoms. The highest BCUT2D eigenvalue weighted by Crippen LogP contribution is 2.40. The molecule has 0 saturated carbocycles. The lowest BCUT2D eigenvalue weighted by Crippen LogP contribution is -2.23. The second kappa shape index (κ2) is 11.8. The predicted octanol–water partition coefficient (Wildman–Crippen LogP) is 9.23. The van der Waals surface area contributed by atoms with Crippen LogP contribution in [0.3, 0.4) is 0 Å². The van der Waals surface area contributed by atoms with Gasteiger partial charge in [-0.25, -0.2) is 0 Å². The van der Waals surface area contributed by atoms with Crippen molar-refractivity contribution in [3.05, 3.63) is 34.4 Å². The van der Waals surface area contributed by atoms with E-state index in [2.05, 4.69) is 88.3 Å². The first kappa shape index (κ1) is 25.2. The molecule has 0 aliphatic heterocycles. The minimum atomic E-state index is 0.465. The lowest BCUT2D eigenvalue weighted by atomic mass is 9.71. The summed E-state index contributed by atoms with van der Waals surface area (Å²) in [7, 11) is 0. The molecule has 1 rings (SSSR count). The Hall–Kier alpha value is -0.780. The summed E-state index contributed by atoms with van der Waals surface area (Å²) in [4.78, 5) is 0. The molecule has 0 atom stereocenters. The molecule has 0 bridgehead atoms. The number of benzene rings is 1. The van der Waals surface area contributed by atoms with Crippen LogP contribution in [-0.4, -0.2) is 0 Å². The molecular formula is C26H48. The fourth-order valence-corrected chi connectivity index (χ4v) is 3.81. The van der Waals surface area contributed by atoms with Crippen molar-refractivity contribution in [3.63, 3.8) is 0 Å². The zero-order valence-electron chi connectivity index (χ0n) is 19.9. The van der Waals surface area contributed by atoms with E-state index < -0.39 is 0 Å². The van der Waals surface area contributed by atoms with Gasteiger partial charge in [0.15, 0.2) is 0 Å². The first-order chi connectivity index (χ1) is 12.1. The Morgan fingerprint density at radius 3 is 1.23 bits per heavy atom. The number of rotatable bonds is 8. The van der Waals surface area contributed by atoms with E-state index in [4.69, 9.17) is 0 Å². The van der Waals surface area contributed by atoms with Gasteiger partial charge in [-0.15, -0.1) is 0 Å². The average molecular weight is 361 g/mol. The van der Waals surface area contributed by atoms with E-state index in [1.807, 2.05) is 0 Å². The minimum absolute atomic E-state index is 0.465. The van der Waals surface area contributed by atoms with Crippen molar-refractivity contribution in [3.8, 4) is 0 Å². The normalized spacial score (nSPS) is 11.9. The largest absolute Gasteiger partial charge is 0.0656 e. The summed E-state index contributed by atoms with van der Waals surface area (Å²) in [6.07, 6.45) is 6.33. The zero-order valence-corrected chi connectivity index (χ0v) is 19.9. The van der Waals surface area contributed by atoms with Gasteiger partial charge in [0.1, 0.15) is 0 Å². The van der Waals surface area contributed by atoms with Gasteiger partial charge in [-0.2, -0.15) is 0 Å². The SMILES string of the molecule is CCC.CCC(CC)(CC)Cc1c(C(C)C)cc(C(C)C)cc1C(C)C. The summed E-state index contributed by atoms with van der Waals surface area (Å²) in [5, 5.41) is 0. The van der Waals surface area contributed by atoms with Crippen molar-refractivity contribution in [2.24, 2.45) is 5.41 Å². The third-order valence-electron chi connectivity index (χ3n) is 6.05. The lowest BCUT2D eigenvalue weighted by Gasteiger charge is -2.34. The molecule has 0 radical (unpaired) electrons. The third-order valence-corrected chi connectivity index (χ3v) is 6.05. The summed E-state index contributed by atoms with van der Waals surface area (Å²) < 4.78 is 0. The lowest BCUT2D eigenvalue weighted by molar-refractivity contribution is 0.247. The first-order valence-electron chi connectivity index (χ1n) is 11.3. The van der Waals surface area contributed by atoms with E-state index in [1.165, 1.54) is 37.7 Å². The van der Waals surface area contributed by atoms with E-state index in [0.717, 1.165) is 0 Å². The Morgan fingerprint density at radius 1 is 0.654 bits per heavy atom. The van der Waals surface area contributed by atoms with Gasteiger partial charge < -0.3 is 0 Å². The molecule has 0 fully saturated rings. The van der Waals surface area contributed by atoms with Crippen LogP contribution in [0.25, 0.3) is 0 Å². The fraction of sp³-hybridized carbons (Fsp3) is 0.769. The topological polar surface area (TPSA) is 0 Å². The summed E-state index contributed by atoms with van der Waals surface area (Å²) in [6.45, 7) is 25.4. The minimum Gasteiger partial charge on any atom is -0.0656 e. The van der Waals surface area contributed by atoms with Crippen LogP contribution < -0.4 is 0 Å². The Kier molecular flexibility index (Phi) is 11.5. The molecule has 152 valence electrons. The average Bonchev–Trinajstić information content (AvgIpc) is 2.59. The molecule has 0 aliphatic rings. The summed E-state index contributed by atoms with van der Waals surface area (Å²) >= 11 is 0. The predicted molar refractivity (Wildman–Crippen MR) is 122 cm³/mol. The van der Waals surface area contributed by atoms with E-state index in [0.29, 0.717) is 23.2 Å². The van der Waals surface area contributed by atoms with Crippen molar-refractivity contribution in [1.29, 1.82) is 0 Å². The van der Waals surface area contributed by atoms with E-state index >= 15 is 0 Å². The fourth-order valence-electron chi connectivity index (χ4n) is 3.81. The maximum atomic E-state index is 2.50. The molecule has 0 saturated heterocycles. The number of hydrogen-bond donors (Lipinski definition) is 0. The monoisotopic (exact) mass is 360 g/mol. The highest BCUT2D eigenvalue weighted by molar-refractivity contribution is 5.44. The highest BCUT2D eigenvalue weighted by atomic mass is 14.3. The zero-order chi connectivity index (χ0) is 20.5. The number of hydrogen-bond acceptors (Lipinski definition) is 0. The molecule has 0 aliphatic carbocycles. The van der Waals surface area contributed by atoms with Crippen LogP contribution in [0.15, 0.2) is 12.1 Å². The Labute approximate surface area is 166 Å². The second-order valence-corrected chi connectivity index (χ2v) is 9.09. The van der Waals surface area contributed by atoms with Crippen LogP contribution in [-0.2, 0) is 6.42 Å². The summed E-state index contributed by atoms with van der Waals surface area (Å²) in [5.41, 5.74) is 6.83. The van der Waals surface area contributed by atoms with Crippen molar-refractivity contribution in [2.45, 2.75) is 126 Å². The van der Waals surface area contributed by atoms with Gasteiger partial charge in [-0.1, -0.05) is 114 Å². The molecule has 0 heteroatoms. The summed E-state index contributed by atoms with van der Waals surface area (Å²) in [5.74, 6) is 1.81. The first-order valence-corrected chi connectivity index (χ1v) is 11.3. The molecule has 0 unspecified atom stereocenters. The smallest absolute Gasteiger partial charge is 0.0216 e. The van der Waals surface area contributed by atoms with Crippen molar-refractivity contribution >= 4 is 0 Å².